The molecule has 1 aromatic carbocycles. The van der Waals surface area contributed by atoms with E-state index in [2.05, 4.69) is 5.32 Å². The van der Waals surface area contributed by atoms with Gasteiger partial charge in [-0.15, -0.1) is 0 Å². The van der Waals surface area contributed by atoms with Crippen LogP contribution in [0.3, 0.4) is 0 Å². The Kier molecular flexibility index (Phi) is 3.84. The van der Waals surface area contributed by atoms with E-state index in [1.807, 2.05) is 0 Å². The predicted octanol–water partition coefficient (Wildman–Crippen LogP) is 2.42. The third kappa shape index (κ3) is 2.91. The molecule has 0 radical (unpaired) electrons. The summed E-state index contributed by atoms with van der Waals surface area (Å²) in [7, 11) is -4.58. The zero-order valence-electron chi connectivity index (χ0n) is 9.97. The lowest BCUT2D eigenvalue weighted by molar-refractivity contribution is -0.122. The fraction of sp³-hybridized carbons (Fsp3) is 0.417. The lowest BCUT2D eigenvalue weighted by Gasteiger charge is -2.24. The van der Waals surface area contributed by atoms with Crippen LogP contribution in [0.1, 0.15) is 19.3 Å². The quantitative estimate of drug-likeness (QED) is 0.926. The van der Waals surface area contributed by atoms with Crippen LogP contribution < -0.4 is 5.32 Å². The lowest BCUT2D eigenvalue weighted by Crippen LogP contribution is -2.28. The molecule has 0 unspecified atom stereocenters. The Labute approximate surface area is 109 Å². The molecule has 0 aromatic heterocycles. The van der Waals surface area contributed by atoms with Crippen molar-refractivity contribution in [3.05, 3.63) is 24.3 Å². The zero-order chi connectivity index (χ0) is 14.0. The minimum absolute atomic E-state index is 0.00414. The molecule has 1 aliphatic rings. The van der Waals surface area contributed by atoms with Crippen LogP contribution in [0.5, 0.6) is 0 Å². The van der Waals surface area contributed by atoms with Gasteiger partial charge in [-0.1, -0.05) is 6.42 Å². The SMILES string of the molecule is O=C(Nc1ccc(S(=O)(=O)C(F)F)cc1)C1CCC1. The molecular weight excluding hydrogens is 276 g/mol. The number of sulfone groups is 1. The molecule has 0 aliphatic heterocycles. The summed E-state index contributed by atoms with van der Waals surface area (Å²) in [6.07, 6.45) is 2.73. The molecule has 0 saturated heterocycles. The van der Waals surface area contributed by atoms with Crippen LogP contribution in [0, 0.1) is 5.92 Å². The number of carbonyl (C=O) groups excluding carboxylic acids is 1. The number of halogens is 2. The van der Waals surface area contributed by atoms with Crippen molar-refractivity contribution in [2.75, 3.05) is 5.32 Å². The first kappa shape index (κ1) is 13.9. The van der Waals surface area contributed by atoms with E-state index in [0.717, 1.165) is 31.4 Å². The summed E-state index contributed by atoms with van der Waals surface area (Å²) in [6.45, 7) is 0. The highest BCUT2D eigenvalue weighted by Crippen LogP contribution is 2.28. The van der Waals surface area contributed by atoms with E-state index >= 15 is 0 Å². The molecule has 1 N–H and O–H groups in total. The molecule has 7 heteroatoms. The Morgan fingerprint density at radius 2 is 1.79 bits per heavy atom. The Hall–Kier alpha value is -1.50. The van der Waals surface area contributed by atoms with Gasteiger partial charge in [0.05, 0.1) is 4.90 Å². The number of benzene rings is 1. The smallest absolute Gasteiger partial charge is 0.326 e. The molecule has 104 valence electrons. The zero-order valence-corrected chi connectivity index (χ0v) is 10.8. The van der Waals surface area contributed by atoms with Crippen LogP contribution in [0.25, 0.3) is 0 Å². The predicted molar refractivity (Wildman–Crippen MR) is 65.6 cm³/mol. The first-order valence-electron chi connectivity index (χ1n) is 5.84. The van der Waals surface area contributed by atoms with Crippen molar-refractivity contribution in [3.63, 3.8) is 0 Å². The van der Waals surface area contributed by atoms with Crippen molar-refractivity contribution in [2.45, 2.75) is 29.9 Å². The Morgan fingerprint density at radius 3 is 2.21 bits per heavy atom. The van der Waals surface area contributed by atoms with E-state index in [1.54, 1.807) is 0 Å². The van der Waals surface area contributed by atoms with Gasteiger partial charge in [-0.3, -0.25) is 4.79 Å². The van der Waals surface area contributed by atoms with Crippen LogP contribution in [-0.2, 0) is 14.6 Å². The summed E-state index contributed by atoms with van der Waals surface area (Å²) in [5.41, 5.74) is 0.408. The monoisotopic (exact) mass is 289 g/mol. The molecule has 1 aliphatic carbocycles. The Morgan fingerprint density at radius 1 is 1.21 bits per heavy atom. The molecular formula is C12H13F2NO3S. The molecule has 4 nitrogen and oxygen atoms in total. The van der Waals surface area contributed by atoms with Gasteiger partial charge in [-0.05, 0) is 37.1 Å². The third-order valence-corrected chi connectivity index (χ3v) is 4.56. The summed E-state index contributed by atoms with van der Waals surface area (Å²) < 4.78 is 47.0. The minimum atomic E-state index is -4.58. The van der Waals surface area contributed by atoms with Crippen LogP contribution in [0.15, 0.2) is 29.2 Å². The number of hydrogen-bond donors (Lipinski definition) is 1. The van der Waals surface area contributed by atoms with Gasteiger partial charge in [0.2, 0.25) is 15.7 Å². The second-order valence-electron chi connectivity index (χ2n) is 4.45. The highest BCUT2D eigenvalue weighted by molar-refractivity contribution is 7.91. The number of alkyl halides is 2. The van der Waals surface area contributed by atoms with Gasteiger partial charge in [0.15, 0.2) is 0 Å². The molecule has 1 aromatic rings. The standard InChI is InChI=1S/C12H13F2NO3S/c13-12(14)19(17,18)10-6-4-9(5-7-10)15-11(16)8-2-1-3-8/h4-8,12H,1-3H2,(H,15,16). The number of anilines is 1. The molecule has 1 amide bonds. The van der Waals surface area contributed by atoms with Gasteiger partial charge >= 0.3 is 5.76 Å². The van der Waals surface area contributed by atoms with Crippen molar-refractivity contribution >= 4 is 21.4 Å². The first-order chi connectivity index (χ1) is 8.91. The summed E-state index contributed by atoms with van der Waals surface area (Å²) in [6, 6.07) is 4.76. The second-order valence-corrected chi connectivity index (χ2v) is 6.36. The number of amides is 1. The Bertz CT molecular complexity index is 565. The maximum absolute atomic E-state index is 12.3. The molecule has 0 heterocycles. The lowest BCUT2D eigenvalue weighted by atomic mass is 9.85. The van der Waals surface area contributed by atoms with Crippen molar-refractivity contribution < 1.29 is 22.0 Å². The van der Waals surface area contributed by atoms with Gasteiger partial charge in [0.25, 0.3) is 0 Å². The first-order valence-corrected chi connectivity index (χ1v) is 7.39. The molecule has 1 saturated carbocycles. The highest BCUT2D eigenvalue weighted by atomic mass is 32.2. The van der Waals surface area contributed by atoms with E-state index in [1.165, 1.54) is 12.1 Å². The summed E-state index contributed by atoms with van der Waals surface area (Å²) in [5.74, 6) is -3.55. The van der Waals surface area contributed by atoms with E-state index in [4.69, 9.17) is 0 Å². The fourth-order valence-corrected chi connectivity index (χ4v) is 2.47. The van der Waals surface area contributed by atoms with Crippen LogP contribution in [0.4, 0.5) is 14.5 Å². The third-order valence-electron chi connectivity index (χ3n) is 3.16. The summed E-state index contributed by atoms with van der Waals surface area (Å²) >= 11 is 0. The summed E-state index contributed by atoms with van der Waals surface area (Å²) in [5, 5.41) is 2.63. The fourth-order valence-electron chi connectivity index (χ4n) is 1.75. The maximum Gasteiger partial charge on any atom is 0.341 e. The van der Waals surface area contributed by atoms with Crippen LogP contribution in [0.2, 0.25) is 0 Å². The number of hydrogen-bond acceptors (Lipinski definition) is 3. The topological polar surface area (TPSA) is 63.2 Å². The normalized spacial score (nSPS) is 16.2. The molecule has 0 atom stereocenters. The maximum atomic E-state index is 12.3. The minimum Gasteiger partial charge on any atom is -0.326 e. The van der Waals surface area contributed by atoms with Crippen LogP contribution in [-0.4, -0.2) is 20.1 Å². The molecule has 1 fully saturated rings. The van der Waals surface area contributed by atoms with Gasteiger partial charge in [-0.2, -0.15) is 8.78 Å². The number of nitrogens with one attached hydrogen (secondary N) is 1. The van der Waals surface area contributed by atoms with Gasteiger partial charge in [0.1, 0.15) is 0 Å². The number of rotatable bonds is 4. The molecule has 0 spiro atoms. The average molecular weight is 289 g/mol. The van der Waals surface area contributed by atoms with Gasteiger partial charge < -0.3 is 5.32 Å². The van der Waals surface area contributed by atoms with E-state index in [0.29, 0.717) is 5.69 Å². The highest BCUT2D eigenvalue weighted by Gasteiger charge is 2.27. The molecule has 0 bridgehead atoms. The van der Waals surface area contributed by atoms with Gasteiger partial charge in [-0.25, -0.2) is 8.42 Å². The van der Waals surface area contributed by atoms with Crippen LogP contribution >= 0.6 is 0 Å². The number of carbonyl (C=O) groups is 1. The molecule has 2 rings (SSSR count). The van der Waals surface area contributed by atoms with Crippen molar-refractivity contribution in [2.24, 2.45) is 5.92 Å². The average Bonchev–Trinajstić information content (AvgIpc) is 2.27. The molecule has 19 heavy (non-hydrogen) atoms. The summed E-state index contributed by atoms with van der Waals surface area (Å²) in [4.78, 5) is 11.2. The Balaban J connectivity index is 2.08. The van der Waals surface area contributed by atoms with Crippen molar-refractivity contribution in [1.29, 1.82) is 0 Å². The van der Waals surface area contributed by atoms with Crippen molar-refractivity contribution in [3.8, 4) is 0 Å². The largest absolute Gasteiger partial charge is 0.341 e. The van der Waals surface area contributed by atoms with E-state index in [9.17, 15) is 22.0 Å². The van der Waals surface area contributed by atoms with E-state index < -0.39 is 20.5 Å². The van der Waals surface area contributed by atoms with E-state index in [-0.39, 0.29) is 11.8 Å². The van der Waals surface area contributed by atoms with Gasteiger partial charge in [0, 0.05) is 11.6 Å². The van der Waals surface area contributed by atoms with Crippen molar-refractivity contribution in [1.82, 2.24) is 0 Å². The second kappa shape index (κ2) is 5.24.